The minimum absolute atomic E-state index is 0.0354. The van der Waals surface area contributed by atoms with Crippen molar-refractivity contribution in [2.45, 2.75) is 32.3 Å². The molecule has 0 aliphatic heterocycles. The minimum atomic E-state index is -0.579. The van der Waals surface area contributed by atoms with Crippen LogP contribution >= 0.6 is 0 Å². The number of ether oxygens (including phenoxy) is 2. The molecule has 4 aromatic rings. The van der Waals surface area contributed by atoms with Crippen LogP contribution in [0, 0.1) is 0 Å². The fourth-order valence-electron chi connectivity index (χ4n) is 4.05. The van der Waals surface area contributed by atoms with Gasteiger partial charge in [-0.05, 0) is 50.1 Å². The maximum atomic E-state index is 12.9. The molecular weight excluding hydrogens is 448 g/mol. The molecule has 0 radical (unpaired) electrons. The second-order valence-electron chi connectivity index (χ2n) is 9.58. The molecule has 0 heterocycles. The van der Waals surface area contributed by atoms with E-state index in [1.54, 1.807) is 24.3 Å². The lowest BCUT2D eigenvalue weighted by Crippen LogP contribution is -2.23. The van der Waals surface area contributed by atoms with Crippen LogP contribution in [0.1, 0.15) is 64.1 Å². The molecule has 0 atom stereocenters. The molecule has 4 aromatic carbocycles. The van der Waals surface area contributed by atoms with Crippen LogP contribution < -0.4 is 4.74 Å². The van der Waals surface area contributed by atoms with Crippen LogP contribution in [0.15, 0.2) is 109 Å². The molecule has 182 valence electrons. The lowest BCUT2D eigenvalue weighted by atomic mass is 9.85. The number of hydrogen-bond donors (Lipinski definition) is 0. The van der Waals surface area contributed by atoms with Gasteiger partial charge in [-0.25, -0.2) is 4.79 Å². The van der Waals surface area contributed by atoms with E-state index in [-0.39, 0.29) is 18.3 Å². The molecule has 4 nitrogen and oxygen atoms in total. The Balaban J connectivity index is 1.53. The van der Waals surface area contributed by atoms with Gasteiger partial charge >= 0.3 is 5.97 Å². The topological polar surface area (TPSA) is 52.6 Å². The highest BCUT2D eigenvalue weighted by atomic mass is 16.6. The average molecular weight is 479 g/mol. The summed E-state index contributed by atoms with van der Waals surface area (Å²) in [6, 6.07) is 34.8. The van der Waals surface area contributed by atoms with Gasteiger partial charge in [0.15, 0.2) is 12.4 Å². The van der Waals surface area contributed by atoms with Gasteiger partial charge in [-0.3, -0.25) is 4.79 Å². The van der Waals surface area contributed by atoms with Gasteiger partial charge in [-0.2, -0.15) is 0 Å². The molecule has 4 rings (SSSR count). The molecule has 0 aromatic heterocycles. The Morgan fingerprint density at radius 1 is 0.667 bits per heavy atom. The van der Waals surface area contributed by atoms with Gasteiger partial charge in [0.2, 0.25) is 0 Å². The molecule has 0 bridgehead atoms. The Hall–Kier alpha value is -4.18. The number of carbonyl (C=O) groups is 2. The van der Waals surface area contributed by atoms with Gasteiger partial charge in [0.05, 0.1) is 5.56 Å². The van der Waals surface area contributed by atoms with Gasteiger partial charge in [0, 0.05) is 17.0 Å². The van der Waals surface area contributed by atoms with E-state index in [0.29, 0.717) is 16.9 Å². The summed E-state index contributed by atoms with van der Waals surface area (Å²) in [5.74, 6) is 0.0387. The Morgan fingerprint density at radius 3 is 1.72 bits per heavy atom. The van der Waals surface area contributed by atoms with E-state index in [1.165, 1.54) is 0 Å². The third kappa shape index (κ3) is 6.28. The molecule has 0 aliphatic rings. The Labute approximate surface area is 212 Å². The maximum Gasteiger partial charge on any atom is 0.338 e. The van der Waals surface area contributed by atoms with Gasteiger partial charge < -0.3 is 9.47 Å². The van der Waals surface area contributed by atoms with Crippen molar-refractivity contribution in [3.05, 3.63) is 137 Å². The summed E-state index contributed by atoms with van der Waals surface area (Å²) >= 11 is 0. The van der Waals surface area contributed by atoms with Gasteiger partial charge in [-0.15, -0.1) is 0 Å². The quantitative estimate of drug-likeness (QED) is 0.154. The highest BCUT2D eigenvalue weighted by Gasteiger charge is 2.21. The van der Waals surface area contributed by atoms with Gasteiger partial charge in [0.25, 0.3) is 0 Å². The molecule has 0 aliphatic carbocycles. The SMILES string of the molecule is CC(C)(C)OC(=O)c1ccc(C(=O)COc2ccccc2C(c2ccccc2)c2ccccc2)cc1. The monoisotopic (exact) mass is 478 g/mol. The fraction of sp³-hybridized carbons (Fsp3) is 0.188. The molecule has 0 unspecified atom stereocenters. The molecule has 0 N–H and O–H groups in total. The Bertz CT molecular complexity index is 1260. The zero-order valence-corrected chi connectivity index (χ0v) is 20.8. The minimum Gasteiger partial charge on any atom is -0.485 e. The third-order valence-electron chi connectivity index (χ3n) is 5.70. The first-order valence-electron chi connectivity index (χ1n) is 12.0. The number of Topliss-reactive ketones (excluding diaryl/α,β-unsaturated/α-hetero) is 1. The smallest absolute Gasteiger partial charge is 0.338 e. The van der Waals surface area contributed by atoms with Crippen LogP contribution in [-0.2, 0) is 4.74 Å². The van der Waals surface area contributed by atoms with Crippen molar-refractivity contribution < 1.29 is 19.1 Å². The number of esters is 1. The summed E-state index contributed by atoms with van der Waals surface area (Å²) in [6.45, 7) is 5.34. The number of benzene rings is 4. The van der Waals surface area contributed by atoms with Crippen LogP contribution in [0.25, 0.3) is 0 Å². The maximum absolute atomic E-state index is 12.9. The van der Waals surface area contributed by atoms with Crippen LogP contribution in [0.4, 0.5) is 0 Å². The van der Waals surface area contributed by atoms with Crippen molar-refractivity contribution in [2.24, 2.45) is 0 Å². The number of para-hydroxylation sites is 1. The van der Waals surface area contributed by atoms with Crippen LogP contribution in [0.5, 0.6) is 5.75 Å². The predicted molar refractivity (Wildman–Crippen MR) is 142 cm³/mol. The van der Waals surface area contributed by atoms with Crippen molar-refractivity contribution in [2.75, 3.05) is 6.61 Å². The number of hydrogen-bond acceptors (Lipinski definition) is 4. The lowest BCUT2D eigenvalue weighted by molar-refractivity contribution is 0.00693. The van der Waals surface area contributed by atoms with Crippen molar-refractivity contribution in [3.8, 4) is 5.75 Å². The van der Waals surface area contributed by atoms with E-state index < -0.39 is 11.6 Å². The molecular formula is C32H30O4. The predicted octanol–water partition coefficient (Wildman–Crippen LogP) is 7.08. The standard InChI is InChI=1S/C32H30O4/c1-32(2,3)36-31(34)26-20-18-23(19-21-26)28(33)22-35-29-17-11-10-16-27(29)30(24-12-6-4-7-13-24)25-14-8-5-9-15-25/h4-21,30H,22H2,1-3H3. The molecule has 0 amide bonds. The normalized spacial score (nSPS) is 11.2. The van der Waals surface area contributed by atoms with E-state index in [4.69, 9.17) is 9.47 Å². The molecule has 4 heteroatoms. The first-order valence-corrected chi connectivity index (χ1v) is 12.0. The number of ketones is 1. The van der Waals surface area contributed by atoms with E-state index in [9.17, 15) is 9.59 Å². The summed E-state index contributed by atoms with van der Waals surface area (Å²) in [7, 11) is 0. The zero-order valence-electron chi connectivity index (χ0n) is 20.8. The summed E-state index contributed by atoms with van der Waals surface area (Å²) in [6.07, 6.45) is 0. The fourth-order valence-corrected chi connectivity index (χ4v) is 4.05. The first kappa shape index (κ1) is 24.9. The third-order valence-corrected chi connectivity index (χ3v) is 5.70. The first-order chi connectivity index (χ1) is 17.3. The molecule has 0 saturated carbocycles. The van der Waals surface area contributed by atoms with E-state index in [2.05, 4.69) is 24.3 Å². The van der Waals surface area contributed by atoms with E-state index >= 15 is 0 Å². The van der Waals surface area contributed by atoms with Crippen LogP contribution in [0.3, 0.4) is 0 Å². The summed E-state index contributed by atoms with van der Waals surface area (Å²) in [4.78, 5) is 25.2. The Kier molecular flexibility index (Phi) is 7.65. The second kappa shape index (κ2) is 11.0. The van der Waals surface area contributed by atoms with E-state index in [0.717, 1.165) is 16.7 Å². The van der Waals surface area contributed by atoms with Gasteiger partial charge in [0.1, 0.15) is 11.4 Å². The van der Waals surface area contributed by atoms with E-state index in [1.807, 2.05) is 81.4 Å². The number of rotatable bonds is 8. The Morgan fingerprint density at radius 2 is 1.17 bits per heavy atom. The average Bonchev–Trinajstić information content (AvgIpc) is 2.88. The largest absolute Gasteiger partial charge is 0.485 e. The summed E-state index contributed by atoms with van der Waals surface area (Å²) in [5, 5.41) is 0. The highest BCUT2D eigenvalue weighted by Crippen LogP contribution is 2.37. The lowest BCUT2D eigenvalue weighted by Gasteiger charge is -2.22. The number of carbonyl (C=O) groups excluding carboxylic acids is 2. The highest BCUT2D eigenvalue weighted by molar-refractivity contribution is 5.98. The summed E-state index contributed by atoms with van der Waals surface area (Å²) < 4.78 is 11.5. The molecule has 0 spiro atoms. The van der Waals surface area contributed by atoms with Crippen molar-refractivity contribution in [1.82, 2.24) is 0 Å². The van der Waals surface area contributed by atoms with Crippen LogP contribution in [0.2, 0.25) is 0 Å². The van der Waals surface area contributed by atoms with Crippen LogP contribution in [-0.4, -0.2) is 24.0 Å². The zero-order chi connectivity index (χ0) is 25.5. The van der Waals surface area contributed by atoms with Crippen molar-refractivity contribution in [1.29, 1.82) is 0 Å². The van der Waals surface area contributed by atoms with Gasteiger partial charge in [-0.1, -0.05) is 91.0 Å². The van der Waals surface area contributed by atoms with Crippen molar-refractivity contribution >= 4 is 11.8 Å². The second-order valence-corrected chi connectivity index (χ2v) is 9.58. The summed E-state index contributed by atoms with van der Waals surface area (Å²) in [5.41, 5.74) is 3.57. The molecule has 36 heavy (non-hydrogen) atoms. The van der Waals surface area contributed by atoms with Crippen molar-refractivity contribution in [3.63, 3.8) is 0 Å². The molecule has 0 saturated heterocycles. The molecule has 0 fully saturated rings.